The van der Waals surface area contributed by atoms with Crippen LogP contribution in [0.15, 0.2) is 28.7 Å². The molecule has 18 heavy (non-hydrogen) atoms. The first-order valence-electron chi connectivity index (χ1n) is 6.99. The number of halogens is 1. The van der Waals surface area contributed by atoms with E-state index in [-0.39, 0.29) is 0 Å². The van der Waals surface area contributed by atoms with Crippen LogP contribution in [0, 0.1) is 5.92 Å². The third-order valence-corrected chi connectivity index (χ3v) is 4.20. The number of benzene rings is 1. The van der Waals surface area contributed by atoms with Crippen LogP contribution >= 0.6 is 15.9 Å². The Morgan fingerprint density at radius 3 is 2.83 bits per heavy atom. The van der Waals surface area contributed by atoms with Crippen LogP contribution < -0.4 is 5.32 Å². The van der Waals surface area contributed by atoms with Crippen molar-refractivity contribution in [3.63, 3.8) is 0 Å². The van der Waals surface area contributed by atoms with Gasteiger partial charge in [-0.25, -0.2) is 0 Å². The molecule has 1 unspecified atom stereocenters. The first kappa shape index (κ1) is 13.9. The van der Waals surface area contributed by atoms with Crippen molar-refractivity contribution in [2.24, 2.45) is 5.92 Å². The van der Waals surface area contributed by atoms with Crippen molar-refractivity contribution < 1.29 is 0 Å². The Morgan fingerprint density at radius 1 is 1.33 bits per heavy atom. The van der Waals surface area contributed by atoms with Gasteiger partial charge in [-0.1, -0.05) is 29.3 Å². The number of likely N-dealkylation sites (tertiary alicyclic amines) is 1. The van der Waals surface area contributed by atoms with E-state index in [1.807, 2.05) is 0 Å². The van der Waals surface area contributed by atoms with E-state index < -0.39 is 0 Å². The maximum Gasteiger partial charge on any atom is 0.0341 e. The van der Waals surface area contributed by atoms with Gasteiger partial charge in [0.1, 0.15) is 0 Å². The first-order chi connectivity index (χ1) is 8.78. The van der Waals surface area contributed by atoms with Gasteiger partial charge < -0.3 is 10.2 Å². The number of hydrogen-bond acceptors (Lipinski definition) is 2. The van der Waals surface area contributed by atoms with Gasteiger partial charge in [0.25, 0.3) is 0 Å². The lowest BCUT2D eigenvalue weighted by Crippen LogP contribution is -2.27. The van der Waals surface area contributed by atoms with Crippen molar-refractivity contribution in [3.05, 3.63) is 28.7 Å². The molecule has 1 aromatic carbocycles. The molecule has 2 nitrogen and oxygen atoms in total. The Labute approximate surface area is 119 Å². The van der Waals surface area contributed by atoms with Crippen LogP contribution in [0.2, 0.25) is 0 Å². The zero-order chi connectivity index (χ0) is 12.8. The predicted octanol–water partition coefficient (Wildman–Crippen LogP) is 3.98. The van der Waals surface area contributed by atoms with Crippen molar-refractivity contribution in [1.82, 2.24) is 4.90 Å². The summed E-state index contributed by atoms with van der Waals surface area (Å²) in [5.41, 5.74) is 1.21. The molecule has 1 heterocycles. The molecule has 1 atom stereocenters. The maximum atomic E-state index is 3.48. The van der Waals surface area contributed by atoms with E-state index in [2.05, 4.69) is 57.3 Å². The van der Waals surface area contributed by atoms with E-state index in [0.717, 1.165) is 23.5 Å². The lowest BCUT2D eigenvalue weighted by Gasteiger charge is -2.16. The van der Waals surface area contributed by atoms with E-state index in [1.54, 1.807) is 0 Å². The number of nitrogens with zero attached hydrogens (tertiary/aromatic N) is 1. The Bertz CT molecular complexity index is 350. The van der Waals surface area contributed by atoms with Crippen LogP contribution in [-0.4, -0.2) is 31.1 Å². The third kappa shape index (κ3) is 4.29. The summed E-state index contributed by atoms with van der Waals surface area (Å²) in [7, 11) is 0. The molecule has 0 aliphatic carbocycles. The van der Waals surface area contributed by atoms with Gasteiger partial charge in [0.15, 0.2) is 0 Å². The van der Waals surface area contributed by atoms with Crippen LogP contribution in [-0.2, 0) is 0 Å². The number of hydrogen-bond donors (Lipinski definition) is 1. The average Bonchev–Trinajstić information content (AvgIpc) is 2.80. The summed E-state index contributed by atoms with van der Waals surface area (Å²) in [6, 6.07) is 8.40. The topological polar surface area (TPSA) is 15.3 Å². The van der Waals surface area contributed by atoms with Gasteiger partial charge in [-0.15, -0.1) is 0 Å². The molecule has 0 saturated carbocycles. The van der Waals surface area contributed by atoms with E-state index >= 15 is 0 Å². The van der Waals surface area contributed by atoms with Gasteiger partial charge in [0.05, 0.1) is 0 Å². The normalized spacial score (nSPS) is 20.2. The van der Waals surface area contributed by atoms with E-state index in [4.69, 9.17) is 0 Å². The van der Waals surface area contributed by atoms with Gasteiger partial charge >= 0.3 is 0 Å². The second-order valence-electron chi connectivity index (χ2n) is 5.18. The monoisotopic (exact) mass is 310 g/mol. The molecule has 0 radical (unpaired) electrons. The highest BCUT2D eigenvalue weighted by molar-refractivity contribution is 9.10. The van der Waals surface area contributed by atoms with Gasteiger partial charge in [0, 0.05) is 29.8 Å². The summed E-state index contributed by atoms with van der Waals surface area (Å²) >= 11 is 3.45. The molecular weight excluding hydrogens is 288 g/mol. The SMILES string of the molecule is CCCC1CCN(CCNc2ccc(Br)cc2)C1. The zero-order valence-electron chi connectivity index (χ0n) is 11.2. The molecule has 100 valence electrons. The minimum absolute atomic E-state index is 0.947. The molecular formula is C15H23BrN2. The van der Waals surface area contributed by atoms with Crippen molar-refractivity contribution in [2.45, 2.75) is 26.2 Å². The van der Waals surface area contributed by atoms with Crippen molar-refractivity contribution >= 4 is 21.6 Å². The minimum atomic E-state index is 0.947. The second-order valence-corrected chi connectivity index (χ2v) is 6.09. The number of rotatable bonds is 6. The third-order valence-electron chi connectivity index (χ3n) is 3.67. The highest BCUT2D eigenvalue weighted by atomic mass is 79.9. The van der Waals surface area contributed by atoms with Crippen LogP contribution in [0.4, 0.5) is 5.69 Å². The summed E-state index contributed by atoms with van der Waals surface area (Å²) in [5, 5.41) is 3.48. The molecule has 1 saturated heterocycles. The lowest BCUT2D eigenvalue weighted by molar-refractivity contribution is 0.332. The Balaban J connectivity index is 1.65. The first-order valence-corrected chi connectivity index (χ1v) is 7.79. The standard InChI is InChI=1S/C15H23BrN2/c1-2-3-13-8-10-18(12-13)11-9-17-15-6-4-14(16)5-7-15/h4-7,13,17H,2-3,8-12H2,1H3. The average molecular weight is 311 g/mol. The molecule has 1 aliphatic rings. The van der Waals surface area contributed by atoms with Crippen molar-refractivity contribution in [3.8, 4) is 0 Å². The Hall–Kier alpha value is -0.540. The quantitative estimate of drug-likeness (QED) is 0.855. The summed E-state index contributed by atoms with van der Waals surface area (Å²) in [6.07, 6.45) is 4.12. The highest BCUT2D eigenvalue weighted by Gasteiger charge is 2.20. The van der Waals surface area contributed by atoms with Gasteiger partial charge in [-0.05, 0) is 49.6 Å². The van der Waals surface area contributed by atoms with E-state index in [0.29, 0.717) is 0 Å². The summed E-state index contributed by atoms with van der Waals surface area (Å²) in [5.74, 6) is 0.947. The van der Waals surface area contributed by atoms with Gasteiger partial charge in [0.2, 0.25) is 0 Å². The van der Waals surface area contributed by atoms with E-state index in [9.17, 15) is 0 Å². The molecule has 0 spiro atoms. The summed E-state index contributed by atoms with van der Waals surface area (Å²) in [6.45, 7) is 7.08. The fourth-order valence-electron chi connectivity index (χ4n) is 2.69. The van der Waals surface area contributed by atoms with Crippen LogP contribution in [0.3, 0.4) is 0 Å². The lowest BCUT2D eigenvalue weighted by atomic mass is 10.0. The van der Waals surface area contributed by atoms with Crippen LogP contribution in [0.1, 0.15) is 26.2 Å². The van der Waals surface area contributed by atoms with Gasteiger partial charge in [-0.3, -0.25) is 0 Å². The molecule has 0 bridgehead atoms. The maximum absolute atomic E-state index is 3.48. The van der Waals surface area contributed by atoms with Crippen molar-refractivity contribution in [1.29, 1.82) is 0 Å². The smallest absolute Gasteiger partial charge is 0.0341 e. The largest absolute Gasteiger partial charge is 0.384 e. The molecule has 2 rings (SSSR count). The highest BCUT2D eigenvalue weighted by Crippen LogP contribution is 2.20. The number of nitrogens with one attached hydrogen (secondary N) is 1. The fourth-order valence-corrected chi connectivity index (χ4v) is 2.95. The molecule has 0 amide bonds. The summed E-state index contributed by atoms with van der Waals surface area (Å²) in [4.78, 5) is 2.59. The van der Waals surface area contributed by atoms with Crippen molar-refractivity contribution in [2.75, 3.05) is 31.5 Å². The van der Waals surface area contributed by atoms with Crippen LogP contribution in [0.25, 0.3) is 0 Å². The molecule has 1 aromatic rings. The number of anilines is 1. The predicted molar refractivity (Wildman–Crippen MR) is 82.1 cm³/mol. The molecule has 3 heteroatoms. The fraction of sp³-hybridized carbons (Fsp3) is 0.600. The zero-order valence-corrected chi connectivity index (χ0v) is 12.7. The molecule has 1 fully saturated rings. The second kappa shape index (κ2) is 7.15. The molecule has 0 aromatic heterocycles. The summed E-state index contributed by atoms with van der Waals surface area (Å²) < 4.78 is 1.13. The Morgan fingerprint density at radius 2 is 2.11 bits per heavy atom. The minimum Gasteiger partial charge on any atom is -0.384 e. The van der Waals surface area contributed by atoms with Crippen LogP contribution in [0.5, 0.6) is 0 Å². The van der Waals surface area contributed by atoms with E-state index in [1.165, 1.54) is 38.0 Å². The van der Waals surface area contributed by atoms with Gasteiger partial charge in [-0.2, -0.15) is 0 Å². The molecule has 1 aliphatic heterocycles. The Kier molecular flexibility index (Phi) is 5.51. The molecule has 1 N–H and O–H groups in total.